The lowest BCUT2D eigenvalue weighted by Crippen LogP contribution is -2.37. The Morgan fingerprint density at radius 2 is 2.22 bits per heavy atom. The van der Waals surface area contributed by atoms with E-state index in [-0.39, 0.29) is 6.10 Å². The summed E-state index contributed by atoms with van der Waals surface area (Å²) >= 11 is 8.20. The molecule has 1 fully saturated rings. The standard InChI is InChI=1S/C14H16ClNOS/c15-14-11-5-1-2-6-12(11)18-13(14)9-16-7-3-4-10(17)8-16/h1-2,5-6,10,17H,3-4,7-9H2/t10-/m1/s1. The summed E-state index contributed by atoms with van der Waals surface area (Å²) in [5.74, 6) is 0. The molecule has 0 unspecified atom stereocenters. The highest BCUT2D eigenvalue weighted by Gasteiger charge is 2.20. The summed E-state index contributed by atoms with van der Waals surface area (Å²) in [5, 5.41) is 11.7. The highest BCUT2D eigenvalue weighted by Crippen LogP contribution is 2.36. The second-order valence-electron chi connectivity index (χ2n) is 4.87. The van der Waals surface area contributed by atoms with Crippen LogP contribution in [0.2, 0.25) is 5.02 Å². The van der Waals surface area contributed by atoms with Crippen LogP contribution in [0.5, 0.6) is 0 Å². The predicted molar refractivity (Wildman–Crippen MR) is 77.4 cm³/mol. The summed E-state index contributed by atoms with van der Waals surface area (Å²) in [6, 6.07) is 8.25. The molecule has 2 nitrogen and oxygen atoms in total. The molecule has 0 amide bonds. The van der Waals surface area contributed by atoms with E-state index in [0.29, 0.717) is 0 Å². The van der Waals surface area contributed by atoms with Crippen molar-refractivity contribution in [3.05, 3.63) is 34.2 Å². The van der Waals surface area contributed by atoms with Gasteiger partial charge in [-0.3, -0.25) is 4.90 Å². The maximum absolute atomic E-state index is 9.70. The summed E-state index contributed by atoms with van der Waals surface area (Å²) in [6.07, 6.45) is 1.83. The quantitative estimate of drug-likeness (QED) is 0.911. The topological polar surface area (TPSA) is 23.5 Å². The summed E-state index contributed by atoms with van der Waals surface area (Å²) in [4.78, 5) is 3.51. The van der Waals surface area contributed by atoms with Crippen molar-refractivity contribution in [3.63, 3.8) is 0 Å². The molecular weight excluding hydrogens is 266 g/mol. The average Bonchev–Trinajstić information content (AvgIpc) is 2.67. The van der Waals surface area contributed by atoms with Gasteiger partial charge in [0.1, 0.15) is 0 Å². The van der Waals surface area contributed by atoms with E-state index in [2.05, 4.69) is 17.0 Å². The second kappa shape index (κ2) is 5.17. The third-order valence-corrected chi connectivity index (χ3v) is 5.15. The minimum Gasteiger partial charge on any atom is -0.392 e. The molecule has 0 saturated carbocycles. The van der Waals surface area contributed by atoms with Crippen LogP contribution in [0.25, 0.3) is 10.1 Å². The largest absolute Gasteiger partial charge is 0.392 e. The molecule has 4 heteroatoms. The van der Waals surface area contributed by atoms with Crippen LogP contribution in [0.15, 0.2) is 24.3 Å². The normalized spacial score (nSPS) is 21.6. The molecule has 1 N–H and O–H groups in total. The highest BCUT2D eigenvalue weighted by molar-refractivity contribution is 7.19. The van der Waals surface area contributed by atoms with Gasteiger partial charge in [0.2, 0.25) is 0 Å². The lowest BCUT2D eigenvalue weighted by atomic mass is 10.1. The van der Waals surface area contributed by atoms with Gasteiger partial charge in [0.05, 0.1) is 11.1 Å². The molecule has 0 bridgehead atoms. The van der Waals surface area contributed by atoms with Crippen LogP contribution in [-0.2, 0) is 6.54 Å². The fourth-order valence-electron chi connectivity index (χ4n) is 2.54. The van der Waals surface area contributed by atoms with E-state index in [0.717, 1.165) is 42.9 Å². The number of halogens is 1. The molecule has 2 heterocycles. The molecule has 1 atom stereocenters. The molecule has 2 aromatic rings. The van der Waals surface area contributed by atoms with Crippen LogP contribution < -0.4 is 0 Å². The molecule has 0 radical (unpaired) electrons. The molecule has 3 rings (SSSR count). The highest BCUT2D eigenvalue weighted by atomic mass is 35.5. The number of fused-ring (bicyclic) bond motifs is 1. The van der Waals surface area contributed by atoms with E-state index in [9.17, 15) is 5.11 Å². The molecule has 0 spiro atoms. The summed E-state index contributed by atoms with van der Waals surface area (Å²) in [7, 11) is 0. The van der Waals surface area contributed by atoms with Crippen molar-refractivity contribution in [2.24, 2.45) is 0 Å². The Balaban J connectivity index is 1.84. The molecule has 0 aliphatic carbocycles. The van der Waals surface area contributed by atoms with E-state index >= 15 is 0 Å². The Morgan fingerprint density at radius 3 is 3.00 bits per heavy atom. The van der Waals surface area contributed by atoms with E-state index in [1.54, 1.807) is 11.3 Å². The zero-order chi connectivity index (χ0) is 12.5. The molecule has 1 aromatic carbocycles. The summed E-state index contributed by atoms with van der Waals surface area (Å²) in [6.45, 7) is 2.68. The van der Waals surface area contributed by atoms with Crippen molar-refractivity contribution >= 4 is 33.0 Å². The van der Waals surface area contributed by atoms with Gasteiger partial charge in [-0.05, 0) is 25.5 Å². The van der Waals surface area contributed by atoms with Crippen LogP contribution in [0.3, 0.4) is 0 Å². The van der Waals surface area contributed by atoms with Crippen LogP contribution in [-0.4, -0.2) is 29.2 Å². The minimum absolute atomic E-state index is 0.174. The Labute approximate surface area is 116 Å². The first kappa shape index (κ1) is 12.4. The van der Waals surface area contributed by atoms with Crippen molar-refractivity contribution < 1.29 is 5.11 Å². The van der Waals surface area contributed by atoms with E-state index < -0.39 is 0 Å². The molecule has 1 aromatic heterocycles. The number of thiophene rings is 1. The zero-order valence-corrected chi connectivity index (χ0v) is 11.7. The lowest BCUT2D eigenvalue weighted by Gasteiger charge is -2.29. The van der Waals surface area contributed by atoms with Gasteiger partial charge in [0, 0.05) is 28.1 Å². The number of aliphatic hydroxyl groups excluding tert-OH is 1. The summed E-state index contributed by atoms with van der Waals surface area (Å²) < 4.78 is 1.25. The van der Waals surface area contributed by atoms with Crippen LogP contribution >= 0.6 is 22.9 Å². The van der Waals surface area contributed by atoms with E-state index in [4.69, 9.17) is 11.6 Å². The maximum Gasteiger partial charge on any atom is 0.0667 e. The second-order valence-corrected chi connectivity index (χ2v) is 6.38. The molecule has 1 aliphatic heterocycles. The maximum atomic E-state index is 9.70. The third kappa shape index (κ3) is 2.41. The van der Waals surface area contributed by atoms with Gasteiger partial charge in [-0.25, -0.2) is 0 Å². The fraction of sp³-hybridized carbons (Fsp3) is 0.429. The smallest absolute Gasteiger partial charge is 0.0667 e. The first-order valence-corrected chi connectivity index (χ1v) is 7.50. The molecular formula is C14H16ClNOS. The van der Waals surface area contributed by atoms with E-state index in [1.165, 1.54) is 9.58 Å². The number of likely N-dealkylation sites (tertiary alicyclic amines) is 1. The number of piperidine rings is 1. The van der Waals surface area contributed by atoms with Gasteiger partial charge in [0.25, 0.3) is 0 Å². The van der Waals surface area contributed by atoms with Crippen LogP contribution in [0.1, 0.15) is 17.7 Å². The Hall–Kier alpha value is -0.610. The van der Waals surface area contributed by atoms with Crippen molar-refractivity contribution in [2.75, 3.05) is 13.1 Å². The Morgan fingerprint density at radius 1 is 1.39 bits per heavy atom. The molecule has 96 valence electrons. The minimum atomic E-state index is -0.174. The van der Waals surface area contributed by atoms with E-state index in [1.807, 2.05) is 12.1 Å². The van der Waals surface area contributed by atoms with Crippen LogP contribution in [0.4, 0.5) is 0 Å². The van der Waals surface area contributed by atoms with Gasteiger partial charge in [-0.15, -0.1) is 11.3 Å². The SMILES string of the molecule is O[C@@H]1CCCN(Cc2sc3ccccc3c2Cl)C1. The van der Waals surface area contributed by atoms with Crippen molar-refractivity contribution in [1.29, 1.82) is 0 Å². The van der Waals surface area contributed by atoms with Crippen molar-refractivity contribution in [2.45, 2.75) is 25.5 Å². The van der Waals surface area contributed by atoms with Gasteiger partial charge < -0.3 is 5.11 Å². The Bertz CT molecular complexity index is 554. The molecule has 1 saturated heterocycles. The van der Waals surface area contributed by atoms with Gasteiger partial charge in [-0.2, -0.15) is 0 Å². The monoisotopic (exact) mass is 281 g/mol. The van der Waals surface area contributed by atoms with Crippen molar-refractivity contribution in [1.82, 2.24) is 4.90 Å². The number of β-amino-alcohol motifs (C(OH)–C–C–N with tert-alkyl or cyclic N) is 1. The number of aliphatic hydroxyl groups is 1. The fourth-order valence-corrected chi connectivity index (χ4v) is 4.08. The zero-order valence-electron chi connectivity index (χ0n) is 10.1. The number of benzene rings is 1. The Kier molecular flexibility index (Phi) is 3.57. The average molecular weight is 282 g/mol. The van der Waals surface area contributed by atoms with Crippen LogP contribution in [0, 0.1) is 0 Å². The third-order valence-electron chi connectivity index (χ3n) is 3.45. The summed E-state index contributed by atoms with van der Waals surface area (Å²) in [5.41, 5.74) is 0. The number of hydrogen-bond donors (Lipinski definition) is 1. The van der Waals surface area contributed by atoms with Gasteiger partial charge in [0.15, 0.2) is 0 Å². The first-order chi connectivity index (χ1) is 8.74. The number of rotatable bonds is 2. The first-order valence-electron chi connectivity index (χ1n) is 6.30. The van der Waals surface area contributed by atoms with Crippen molar-refractivity contribution in [3.8, 4) is 0 Å². The van der Waals surface area contributed by atoms with Gasteiger partial charge in [-0.1, -0.05) is 29.8 Å². The molecule has 18 heavy (non-hydrogen) atoms. The number of nitrogens with zero attached hydrogens (tertiary/aromatic N) is 1. The lowest BCUT2D eigenvalue weighted by molar-refractivity contribution is 0.0674. The van der Waals surface area contributed by atoms with Gasteiger partial charge >= 0.3 is 0 Å². The predicted octanol–water partition coefficient (Wildman–Crippen LogP) is 3.51. The number of hydrogen-bond acceptors (Lipinski definition) is 3. The molecule has 1 aliphatic rings.